The van der Waals surface area contributed by atoms with Crippen LogP contribution in [0.15, 0.2) is 24.3 Å². The molecule has 112 valence electrons. The van der Waals surface area contributed by atoms with Crippen molar-refractivity contribution in [3.63, 3.8) is 0 Å². The third-order valence-electron chi connectivity index (χ3n) is 3.32. The molecule has 1 heterocycles. The van der Waals surface area contributed by atoms with Gasteiger partial charge in [0.25, 0.3) is 0 Å². The van der Waals surface area contributed by atoms with Crippen LogP contribution in [0.25, 0.3) is 0 Å². The molecular weight excluding hydrogens is 258 g/mol. The molecule has 0 radical (unpaired) electrons. The van der Waals surface area contributed by atoms with Gasteiger partial charge in [-0.3, -0.25) is 0 Å². The number of aliphatic hydroxyl groups excluding tert-OH is 1. The van der Waals surface area contributed by atoms with Gasteiger partial charge in [0.15, 0.2) is 17.6 Å². The molecule has 1 aromatic carbocycles. The van der Waals surface area contributed by atoms with Gasteiger partial charge in [0.2, 0.25) is 0 Å². The topological polar surface area (TPSA) is 60.0 Å². The van der Waals surface area contributed by atoms with E-state index in [4.69, 9.17) is 14.2 Å². The van der Waals surface area contributed by atoms with Gasteiger partial charge in [-0.25, -0.2) is 0 Å². The van der Waals surface area contributed by atoms with Crippen molar-refractivity contribution < 1.29 is 19.3 Å². The molecule has 5 heteroatoms. The lowest BCUT2D eigenvalue weighted by Gasteiger charge is -2.34. The first-order chi connectivity index (χ1) is 9.72. The van der Waals surface area contributed by atoms with Crippen LogP contribution in [-0.4, -0.2) is 50.2 Å². The predicted molar refractivity (Wildman–Crippen MR) is 76.3 cm³/mol. The van der Waals surface area contributed by atoms with Crippen LogP contribution >= 0.6 is 0 Å². The second-order valence-electron chi connectivity index (χ2n) is 4.97. The molecule has 2 N–H and O–H groups in total. The van der Waals surface area contributed by atoms with E-state index in [2.05, 4.69) is 5.32 Å². The fourth-order valence-corrected chi connectivity index (χ4v) is 2.25. The van der Waals surface area contributed by atoms with E-state index in [1.807, 2.05) is 31.2 Å². The zero-order valence-corrected chi connectivity index (χ0v) is 12.0. The molecule has 0 bridgehead atoms. The molecule has 0 amide bonds. The highest BCUT2D eigenvalue weighted by molar-refractivity contribution is 5.41. The summed E-state index contributed by atoms with van der Waals surface area (Å²) in [4.78, 5) is 0. The van der Waals surface area contributed by atoms with E-state index in [0.29, 0.717) is 12.3 Å². The maximum Gasteiger partial charge on any atom is 0.162 e. The normalized spacial score (nSPS) is 22.6. The molecule has 3 atom stereocenters. The molecule has 0 saturated heterocycles. The molecule has 0 spiro atoms. The number of hydrogen-bond acceptors (Lipinski definition) is 5. The van der Waals surface area contributed by atoms with Crippen LogP contribution in [-0.2, 0) is 4.74 Å². The molecule has 0 fully saturated rings. The number of fused-ring (bicyclic) bond motifs is 1. The number of benzene rings is 1. The highest BCUT2D eigenvalue weighted by Crippen LogP contribution is 2.34. The van der Waals surface area contributed by atoms with Gasteiger partial charge in [0, 0.05) is 20.3 Å². The summed E-state index contributed by atoms with van der Waals surface area (Å²) in [5, 5.41) is 13.4. The smallest absolute Gasteiger partial charge is 0.162 e. The Hall–Kier alpha value is -1.30. The maximum absolute atomic E-state index is 10.2. The van der Waals surface area contributed by atoms with Crippen molar-refractivity contribution in [2.75, 3.05) is 26.8 Å². The lowest BCUT2D eigenvalue weighted by atomic mass is 10.1. The van der Waals surface area contributed by atoms with Crippen LogP contribution in [0.1, 0.15) is 13.3 Å². The van der Waals surface area contributed by atoms with Crippen LogP contribution in [0.4, 0.5) is 0 Å². The van der Waals surface area contributed by atoms with E-state index < -0.39 is 6.10 Å². The van der Waals surface area contributed by atoms with Crippen LogP contribution in [0.2, 0.25) is 0 Å². The van der Waals surface area contributed by atoms with Crippen LogP contribution < -0.4 is 14.8 Å². The minimum absolute atomic E-state index is 0.180. The molecule has 20 heavy (non-hydrogen) atoms. The summed E-state index contributed by atoms with van der Waals surface area (Å²) in [6, 6.07) is 7.53. The Morgan fingerprint density at radius 3 is 2.70 bits per heavy atom. The molecular formula is C15H23NO4. The summed E-state index contributed by atoms with van der Waals surface area (Å²) in [6.07, 6.45) is -0.231. The van der Waals surface area contributed by atoms with Gasteiger partial charge in [0.1, 0.15) is 12.2 Å². The monoisotopic (exact) mass is 281 g/mol. The minimum atomic E-state index is -0.610. The number of para-hydroxylation sites is 2. The standard InChI is InChI=1S/C15H23NO4/c1-11-15(12(17)10-16-8-5-9-18-2)20-14-7-4-3-6-13(14)19-11/h3-4,6-7,11-12,15-17H,5,8-10H2,1-2H3. The molecule has 3 unspecified atom stereocenters. The first kappa shape index (κ1) is 15.1. The van der Waals surface area contributed by atoms with Crippen molar-refractivity contribution in [1.29, 1.82) is 0 Å². The van der Waals surface area contributed by atoms with E-state index in [0.717, 1.165) is 25.3 Å². The third kappa shape index (κ3) is 3.85. The summed E-state index contributed by atoms with van der Waals surface area (Å²) >= 11 is 0. The van der Waals surface area contributed by atoms with Crippen molar-refractivity contribution in [1.82, 2.24) is 5.32 Å². The van der Waals surface area contributed by atoms with Gasteiger partial charge < -0.3 is 24.6 Å². The third-order valence-corrected chi connectivity index (χ3v) is 3.32. The number of hydrogen-bond donors (Lipinski definition) is 2. The average molecular weight is 281 g/mol. The first-order valence-corrected chi connectivity index (χ1v) is 7.02. The summed E-state index contributed by atoms with van der Waals surface area (Å²) in [5.41, 5.74) is 0. The maximum atomic E-state index is 10.2. The highest BCUT2D eigenvalue weighted by atomic mass is 16.6. The van der Waals surface area contributed by atoms with Crippen molar-refractivity contribution in [2.45, 2.75) is 31.7 Å². The molecule has 2 rings (SSSR count). The first-order valence-electron chi connectivity index (χ1n) is 7.02. The Kier molecular flexibility index (Phi) is 5.64. The van der Waals surface area contributed by atoms with Crippen molar-refractivity contribution in [3.8, 4) is 11.5 Å². The number of aliphatic hydroxyl groups is 1. The second-order valence-corrected chi connectivity index (χ2v) is 4.97. The van der Waals surface area contributed by atoms with E-state index in [-0.39, 0.29) is 12.2 Å². The molecule has 1 aliphatic heterocycles. The SMILES string of the molecule is COCCCNCC(O)C1Oc2ccccc2OC1C. The Morgan fingerprint density at radius 2 is 2.00 bits per heavy atom. The van der Waals surface area contributed by atoms with Crippen LogP contribution in [0.3, 0.4) is 0 Å². The lowest BCUT2D eigenvalue weighted by molar-refractivity contribution is -0.0459. The van der Waals surface area contributed by atoms with E-state index in [9.17, 15) is 5.11 Å². The van der Waals surface area contributed by atoms with Gasteiger partial charge >= 0.3 is 0 Å². The Morgan fingerprint density at radius 1 is 1.30 bits per heavy atom. The van der Waals surface area contributed by atoms with Gasteiger partial charge in [-0.05, 0) is 32.0 Å². The quantitative estimate of drug-likeness (QED) is 0.736. The van der Waals surface area contributed by atoms with Crippen LogP contribution in [0, 0.1) is 0 Å². The van der Waals surface area contributed by atoms with E-state index >= 15 is 0 Å². The van der Waals surface area contributed by atoms with E-state index in [1.54, 1.807) is 7.11 Å². The molecule has 5 nitrogen and oxygen atoms in total. The predicted octanol–water partition coefficient (Wildman–Crippen LogP) is 1.20. The van der Waals surface area contributed by atoms with Gasteiger partial charge in [-0.2, -0.15) is 0 Å². The fraction of sp³-hybridized carbons (Fsp3) is 0.600. The number of methoxy groups -OCH3 is 1. The van der Waals surface area contributed by atoms with Gasteiger partial charge in [-0.1, -0.05) is 12.1 Å². The number of nitrogens with one attached hydrogen (secondary N) is 1. The van der Waals surface area contributed by atoms with Crippen molar-refractivity contribution >= 4 is 0 Å². The Balaban J connectivity index is 1.83. The molecule has 0 aliphatic carbocycles. The lowest BCUT2D eigenvalue weighted by Crippen LogP contribution is -2.49. The summed E-state index contributed by atoms with van der Waals surface area (Å²) in [7, 11) is 1.68. The second kappa shape index (κ2) is 7.47. The molecule has 0 aromatic heterocycles. The zero-order valence-electron chi connectivity index (χ0n) is 12.0. The number of rotatable bonds is 7. The molecule has 0 saturated carbocycles. The fourth-order valence-electron chi connectivity index (χ4n) is 2.25. The summed E-state index contributed by atoms with van der Waals surface area (Å²) in [5.74, 6) is 1.42. The van der Waals surface area contributed by atoms with Gasteiger partial charge in [-0.15, -0.1) is 0 Å². The molecule has 1 aliphatic rings. The van der Waals surface area contributed by atoms with Crippen molar-refractivity contribution in [2.24, 2.45) is 0 Å². The largest absolute Gasteiger partial charge is 0.483 e. The summed E-state index contributed by atoms with van der Waals surface area (Å²) in [6.45, 7) is 3.92. The van der Waals surface area contributed by atoms with Gasteiger partial charge in [0.05, 0.1) is 0 Å². The Bertz CT molecular complexity index is 413. The van der Waals surface area contributed by atoms with E-state index in [1.165, 1.54) is 0 Å². The highest BCUT2D eigenvalue weighted by Gasteiger charge is 2.33. The van der Waals surface area contributed by atoms with Crippen molar-refractivity contribution in [3.05, 3.63) is 24.3 Å². The Labute approximate surface area is 119 Å². The summed E-state index contributed by atoms with van der Waals surface area (Å²) < 4.78 is 16.6. The molecule has 1 aromatic rings. The minimum Gasteiger partial charge on any atom is -0.483 e. The van der Waals surface area contributed by atoms with Crippen LogP contribution in [0.5, 0.6) is 11.5 Å². The number of ether oxygens (including phenoxy) is 3. The zero-order chi connectivity index (χ0) is 14.4. The average Bonchev–Trinajstić information content (AvgIpc) is 2.46.